The number of hydrogen-bond acceptors (Lipinski definition) is 4. The van der Waals surface area contributed by atoms with E-state index in [0.29, 0.717) is 26.1 Å². The van der Waals surface area contributed by atoms with E-state index in [1.165, 1.54) is 18.2 Å². The molecule has 0 aliphatic heterocycles. The lowest BCUT2D eigenvalue weighted by Gasteiger charge is -2.10. The van der Waals surface area contributed by atoms with Gasteiger partial charge in [0.1, 0.15) is 0 Å². The normalized spacial score (nSPS) is 10.1. The predicted molar refractivity (Wildman–Crippen MR) is 92.3 cm³/mol. The molecular weight excluding hydrogens is 308 g/mol. The lowest BCUT2D eigenvalue weighted by molar-refractivity contribution is 0.0505. The van der Waals surface area contributed by atoms with Crippen molar-refractivity contribution < 1.29 is 19.1 Å². The molecule has 0 radical (unpaired) electrons. The summed E-state index contributed by atoms with van der Waals surface area (Å²) < 4.78 is 5.11. The van der Waals surface area contributed by atoms with Crippen molar-refractivity contribution in [2.45, 2.75) is 40.0 Å². The molecule has 0 unspecified atom stereocenters. The fourth-order valence-corrected chi connectivity index (χ4v) is 1.97. The van der Waals surface area contributed by atoms with Crippen LogP contribution in [-0.2, 0) is 4.74 Å². The second-order valence-corrected chi connectivity index (χ2v) is 5.45. The number of esters is 1. The van der Waals surface area contributed by atoms with Gasteiger partial charge >= 0.3 is 5.97 Å². The first-order valence-electron chi connectivity index (χ1n) is 8.42. The van der Waals surface area contributed by atoms with Crippen LogP contribution >= 0.6 is 0 Å². The molecule has 0 heterocycles. The molecule has 0 saturated carbocycles. The van der Waals surface area contributed by atoms with Gasteiger partial charge in [0.25, 0.3) is 11.8 Å². The first kappa shape index (κ1) is 19.7. The van der Waals surface area contributed by atoms with Crippen LogP contribution in [0.4, 0.5) is 0 Å². The Hall–Kier alpha value is -2.37. The van der Waals surface area contributed by atoms with E-state index in [-0.39, 0.29) is 28.5 Å². The molecule has 24 heavy (non-hydrogen) atoms. The summed E-state index contributed by atoms with van der Waals surface area (Å²) in [4.78, 5) is 36.5. The van der Waals surface area contributed by atoms with Crippen molar-refractivity contribution in [2.75, 3.05) is 19.7 Å². The van der Waals surface area contributed by atoms with Gasteiger partial charge in [0.15, 0.2) is 0 Å². The molecule has 2 amide bonds. The van der Waals surface area contributed by atoms with Crippen molar-refractivity contribution in [3.63, 3.8) is 0 Å². The number of rotatable bonds is 9. The molecule has 1 aromatic carbocycles. The Morgan fingerprint density at radius 1 is 0.792 bits per heavy atom. The molecule has 0 saturated heterocycles. The summed E-state index contributed by atoms with van der Waals surface area (Å²) in [7, 11) is 0. The number of hydrogen-bond donors (Lipinski definition) is 2. The monoisotopic (exact) mass is 334 g/mol. The second-order valence-electron chi connectivity index (χ2n) is 5.45. The number of amides is 2. The molecule has 2 N–H and O–H groups in total. The van der Waals surface area contributed by atoms with Gasteiger partial charge < -0.3 is 15.4 Å². The largest absolute Gasteiger partial charge is 0.462 e. The highest BCUT2D eigenvalue weighted by Gasteiger charge is 2.16. The molecule has 0 fully saturated rings. The first-order valence-corrected chi connectivity index (χ1v) is 8.42. The minimum atomic E-state index is -0.536. The fourth-order valence-electron chi connectivity index (χ4n) is 1.97. The fraction of sp³-hybridized carbons (Fsp3) is 0.500. The average Bonchev–Trinajstić information content (AvgIpc) is 2.61. The molecule has 1 aromatic rings. The van der Waals surface area contributed by atoms with Gasteiger partial charge in [0, 0.05) is 24.2 Å². The molecule has 1 rings (SSSR count). The number of ether oxygens (including phenoxy) is 1. The molecule has 132 valence electrons. The van der Waals surface area contributed by atoms with E-state index >= 15 is 0 Å². The van der Waals surface area contributed by atoms with Crippen LogP contribution < -0.4 is 10.6 Å². The van der Waals surface area contributed by atoms with Crippen molar-refractivity contribution in [1.29, 1.82) is 0 Å². The Kier molecular flexibility index (Phi) is 8.54. The zero-order valence-corrected chi connectivity index (χ0v) is 14.6. The topological polar surface area (TPSA) is 84.5 Å². The Bertz CT molecular complexity index is 491. The van der Waals surface area contributed by atoms with Crippen LogP contribution in [0.15, 0.2) is 18.2 Å². The molecule has 0 aliphatic carbocycles. The van der Waals surface area contributed by atoms with E-state index in [2.05, 4.69) is 10.6 Å². The summed E-state index contributed by atoms with van der Waals surface area (Å²) >= 11 is 0. The third kappa shape index (κ3) is 6.02. The van der Waals surface area contributed by atoms with Crippen molar-refractivity contribution in [3.05, 3.63) is 34.9 Å². The van der Waals surface area contributed by atoms with Gasteiger partial charge in [-0.1, -0.05) is 20.8 Å². The highest BCUT2D eigenvalue weighted by Crippen LogP contribution is 2.13. The Morgan fingerprint density at radius 3 is 1.67 bits per heavy atom. The molecule has 0 bridgehead atoms. The smallest absolute Gasteiger partial charge is 0.338 e. The van der Waals surface area contributed by atoms with Gasteiger partial charge in [-0.15, -0.1) is 0 Å². The van der Waals surface area contributed by atoms with Crippen molar-refractivity contribution in [1.82, 2.24) is 10.6 Å². The highest BCUT2D eigenvalue weighted by atomic mass is 16.5. The van der Waals surface area contributed by atoms with Crippen molar-refractivity contribution in [3.8, 4) is 0 Å². The van der Waals surface area contributed by atoms with Crippen LogP contribution in [0.3, 0.4) is 0 Å². The zero-order valence-electron chi connectivity index (χ0n) is 14.6. The van der Waals surface area contributed by atoms with E-state index < -0.39 is 5.97 Å². The van der Waals surface area contributed by atoms with E-state index in [9.17, 15) is 14.4 Å². The van der Waals surface area contributed by atoms with E-state index in [1.54, 1.807) is 0 Å². The summed E-state index contributed by atoms with van der Waals surface area (Å²) in [5.41, 5.74) is 0.751. The molecule has 0 spiro atoms. The molecule has 0 aliphatic rings. The predicted octanol–water partition coefficient (Wildman–Crippen LogP) is 2.53. The van der Waals surface area contributed by atoms with Gasteiger partial charge in [0.05, 0.1) is 12.2 Å². The van der Waals surface area contributed by atoms with Crippen molar-refractivity contribution in [2.24, 2.45) is 0 Å². The van der Waals surface area contributed by atoms with E-state index in [4.69, 9.17) is 4.74 Å². The number of nitrogens with one attached hydrogen (secondary N) is 2. The van der Waals surface area contributed by atoms with Gasteiger partial charge in [-0.2, -0.15) is 0 Å². The summed E-state index contributed by atoms with van der Waals surface area (Å²) in [6.07, 6.45) is 2.30. The lowest BCUT2D eigenvalue weighted by Crippen LogP contribution is -2.27. The van der Waals surface area contributed by atoms with Gasteiger partial charge in [-0.05, 0) is 37.5 Å². The standard InChI is InChI=1S/C18H26N2O4/c1-4-7-19-16(21)13-10-14(17(22)20-8-5-2)12-15(11-13)18(23)24-9-6-3/h10-12H,4-9H2,1-3H3,(H,19,21)(H,20,22). The number of benzene rings is 1. The number of carbonyl (C=O) groups is 3. The number of carbonyl (C=O) groups excluding carboxylic acids is 3. The van der Waals surface area contributed by atoms with E-state index in [1.807, 2.05) is 20.8 Å². The zero-order chi connectivity index (χ0) is 17.9. The maximum Gasteiger partial charge on any atom is 0.338 e. The van der Waals surface area contributed by atoms with Crippen molar-refractivity contribution >= 4 is 17.8 Å². The summed E-state index contributed by atoms with van der Waals surface area (Å²) in [6, 6.07) is 4.41. The third-order valence-electron chi connectivity index (χ3n) is 3.20. The van der Waals surface area contributed by atoms with Crippen LogP contribution in [-0.4, -0.2) is 37.5 Å². The Labute approximate surface area is 143 Å². The summed E-state index contributed by atoms with van der Waals surface area (Å²) in [5.74, 6) is -1.16. The van der Waals surface area contributed by atoms with E-state index in [0.717, 1.165) is 12.8 Å². The minimum absolute atomic E-state index is 0.203. The minimum Gasteiger partial charge on any atom is -0.462 e. The molecular formula is C18H26N2O4. The third-order valence-corrected chi connectivity index (χ3v) is 3.20. The molecule has 6 heteroatoms. The van der Waals surface area contributed by atoms with Crippen LogP contribution in [0, 0.1) is 0 Å². The first-order chi connectivity index (χ1) is 11.5. The maximum absolute atomic E-state index is 12.2. The highest BCUT2D eigenvalue weighted by molar-refractivity contribution is 6.03. The van der Waals surface area contributed by atoms with Gasteiger partial charge in [-0.25, -0.2) is 4.79 Å². The van der Waals surface area contributed by atoms with Crippen LogP contribution in [0.1, 0.15) is 71.1 Å². The summed E-state index contributed by atoms with van der Waals surface area (Å²) in [5, 5.41) is 5.49. The average molecular weight is 334 g/mol. The second kappa shape index (κ2) is 10.4. The Balaban J connectivity index is 3.11. The molecule has 6 nitrogen and oxygen atoms in total. The van der Waals surface area contributed by atoms with Crippen LogP contribution in [0.5, 0.6) is 0 Å². The van der Waals surface area contributed by atoms with Gasteiger partial charge in [-0.3, -0.25) is 9.59 Å². The maximum atomic E-state index is 12.2. The molecule has 0 atom stereocenters. The SMILES string of the molecule is CCCNC(=O)c1cc(C(=O)NCCC)cc(C(=O)OCCC)c1. The van der Waals surface area contributed by atoms with Crippen LogP contribution in [0.25, 0.3) is 0 Å². The molecule has 0 aromatic heterocycles. The van der Waals surface area contributed by atoms with Gasteiger partial charge in [0.2, 0.25) is 0 Å². The quantitative estimate of drug-likeness (QED) is 0.680. The Morgan fingerprint density at radius 2 is 1.25 bits per heavy atom. The van der Waals surface area contributed by atoms with Crippen LogP contribution in [0.2, 0.25) is 0 Å². The lowest BCUT2D eigenvalue weighted by atomic mass is 10.0. The summed E-state index contributed by atoms with van der Waals surface area (Å²) in [6.45, 7) is 7.14.